The number of carbonyl (C=O) groups excluding carboxylic acids is 1. The number of halogens is 2. The normalized spacial score (nSPS) is 11.1. The Bertz CT molecular complexity index is 562. The van der Waals surface area contributed by atoms with E-state index >= 15 is 0 Å². The predicted octanol–water partition coefficient (Wildman–Crippen LogP) is 1.66. The molecule has 0 aliphatic carbocycles. The molecule has 0 bridgehead atoms. The summed E-state index contributed by atoms with van der Waals surface area (Å²) in [7, 11) is 2.64. The molecular formula is C11H13ClFNO4S. The van der Waals surface area contributed by atoms with E-state index in [4.69, 9.17) is 15.4 Å². The number of carbonyl (C=O) groups is 1. The first kappa shape index (κ1) is 15.7. The zero-order chi connectivity index (χ0) is 14.5. The molecule has 0 spiro atoms. The molecule has 1 rings (SSSR count). The van der Waals surface area contributed by atoms with Gasteiger partial charge in [-0.05, 0) is 24.6 Å². The van der Waals surface area contributed by atoms with Gasteiger partial charge in [-0.15, -0.1) is 0 Å². The molecule has 0 heterocycles. The van der Waals surface area contributed by atoms with E-state index in [1.54, 1.807) is 0 Å². The van der Waals surface area contributed by atoms with Crippen molar-refractivity contribution in [3.05, 3.63) is 24.0 Å². The minimum Gasteiger partial charge on any atom is -0.491 e. The number of hydrogen-bond acceptors (Lipinski definition) is 4. The monoisotopic (exact) mass is 309 g/mol. The van der Waals surface area contributed by atoms with E-state index in [2.05, 4.69) is 5.32 Å². The van der Waals surface area contributed by atoms with Crippen LogP contribution in [0.3, 0.4) is 0 Å². The number of hydrogen-bond donors (Lipinski definition) is 1. The maximum Gasteiger partial charge on any atom is 0.261 e. The highest BCUT2D eigenvalue weighted by atomic mass is 35.7. The van der Waals surface area contributed by atoms with Crippen LogP contribution in [0.4, 0.5) is 4.39 Å². The van der Waals surface area contributed by atoms with Gasteiger partial charge in [0.15, 0.2) is 11.6 Å². The fourth-order valence-electron chi connectivity index (χ4n) is 1.29. The van der Waals surface area contributed by atoms with Crippen LogP contribution in [0.25, 0.3) is 0 Å². The highest BCUT2D eigenvalue weighted by molar-refractivity contribution is 8.13. The fraction of sp³-hybridized carbons (Fsp3) is 0.364. The summed E-state index contributed by atoms with van der Waals surface area (Å²) < 4.78 is 40.6. The van der Waals surface area contributed by atoms with Gasteiger partial charge in [0.1, 0.15) is 0 Å². The van der Waals surface area contributed by atoms with Crippen molar-refractivity contribution in [3.8, 4) is 5.75 Å². The smallest absolute Gasteiger partial charge is 0.261 e. The van der Waals surface area contributed by atoms with Crippen LogP contribution in [0.15, 0.2) is 23.1 Å². The molecule has 19 heavy (non-hydrogen) atoms. The summed E-state index contributed by atoms with van der Waals surface area (Å²) in [5.74, 6) is -1.03. The second kappa shape index (κ2) is 6.72. The average Bonchev–Trinajstić information content (AvgIpc) is 2.34. The van der Waals surface area contributed by atoms with Gasteiger partial charge in [-0.2, -0.15) is 0 Å². The van der Waals surface area contributed by atoms with Gasteiger partial charge < -0.3 is 10.1 Å². The SMILES string of the molecule is CNC(=O)CCCOc1ccc(S(=O)(=O)Cl)cc1F. The van der Waals surface area contributed by atoms with Crippen LogP contribution in [0.5, 0.6) is 5.75 Å². The van der Waals surface area contributed by atoms with Crippen molar-refractivity contribution in [2.24, 2.45) is 0 Å². The molecule has 0 atom stereocenters. The Labute approximate surface area is 115 Å². The lowest BCUT2D eigenvalue weighted by Gasteiger charge is -2.07. The van der Waals surface area contributed by atoms with E-state index in [0.29, 0.717) is 6.42 Å². The molecule has 0 unspecified atom stereocenters. The molecule has 1 aromatic rings. The topological polar surface area (TPSA) is 72.5 Å². The van der Waals surface area contributed by atoms with Gasteiger partial charge in [0.05, 0.1) is 11.5 Å². The van der Waals surface area contributed by atoms with E-state index in [1.807, 2.05) is 0 Å². The molecule has 1 N–H and O–H groups in total. The second-order valence-electron chi connectivity index (χ2n) is 3.66. The van der Waals surface area contributed by atoms with Crippen molar-refractivity contribution in [3.63, 3.8) is 0 Å². The third-order valence-corrected chi connectivity index (χ3v) is 3.62. The molecule has 0 aromatic heterocycles. The number of nitrogens with one attached hydrogen (secondary N) is 1. The molecule has 106 valence electrons. The lowest BCUT2D eigenvalue weighted by molar-refractivity contribution is -0.120. The molecule has 0 saturated carbocycles. The molecule has 0 aliphatic heterocycles. The van der Waals surface area contributed by atoms with Gasteiger partial charge in [0.2, 0.25) is 5.91 Å². The first-order valence-corrected chi connectivity index (χ1v) is 7.73. The van der Waals surface area contributed by atoms with Crippen LogP contribution in [-0.2, 0) is 13.8 Å². The van der Waals surface area contributed by atoms with E-state index in [9.17, 15) is 17.6 Å². The van der Waals surface area contributed by atoms with Crippen molar-refractivity contribution in [2.75, 3.05) is 13.7 Å². The summed E-state index contributed by atoms with van der Waals surface area (Å²) in [5, 5.41) is 2.45. The van der Waals surface area contributed by atoms with Gasteiger partial charge >= 0.3 is 0 Å². The molecular weight excluding hydrogens is 297 g/mol. The highest BCUT2D eigenvalue weighted by Crippen LogP contribution is 2.23. The lowest BCUT2D eigenvalue weighted by Crippen LogP contribution is -2.18. The van der Waals surface area contributed by atoms with E-state index in [0.717, 1.165) is 12.1 Å². The van der Waals surface area contributed by atoms with Gasteiger partial charge in [-0.25, -0.2) is 12.8 Å². The third kappa shape index (κ3) is 5.04. The van der Waals surface area contributed by atoms with Gasteiger partial charge in [-0.3, -0.25) is 4.79 Å². The van der Waals surface area contributed by atoms with Crippen molar-refractivity contribution in [1.82, 2.24) is 5.32 Å². The molecule has 5 nitrogen and oxygen atoms in total. The number of rotatable bonds is 6. The Balaban J connectivity index is 2.59. The molecule has 8 heteroatoms. The summed E-state index contributed by atoms with van der Waals surface area (Å²) in [6.07, 6.45) is 0.695. The zero-order valence-electron chi connectivity index (χ0n) is 10.2. The van der Waals surface area contributed by atoms with Crippen LogP contribution >= 0.6 is 10.7 Å². The van der Waals surface area contributed by atoms with Gasteiger partial charge in [0, 0.05) is 24.2 Å². The Morgan fingerprint density at radius 2 is 2.16 bits per heavy atom. The van der Waals surface area contributed by atoms with Gasteiger partial charge in [0.25, 0.3) is 9.05 Å². The minimum absolute atomic E-state index is 0.0824. The maximum atomic E-state index is 13.5. The summed E-state index contributed by atoms with van der Waals surface area (Å²) in [6, 6.07) is 3.13. The van der Waals surface area contributed by atoms with E-state index in [-0.39, 0.29) is 29.6 Å². The minimum atomic E-state index is -3.96. The molecule has 0 fully saturated rings. The Morgan fingerprint density at radius 1 is 1.47 bits per heavy atom. The number of ether oxygens (including phenoxy) is 1. The van der Waals surface area contributed by atoms with Crippen molar-refractivity contribution >= 4 is 25.6 Å². The van der Waals surface area contributed by atoms with Crippen molar-refractivity contribution in [1.29, 1.82) is 0 Å². The summed E-state index contributed by atoms with van der Waals surface area (Å²) in [4.78, 5) is 10.6. The lowest BCUT2D eigenvalue weighted by atomic mass is 10.3. The predicted molar refractivity (Wildman–Crippen MR) is 68.2 cm³/mol. The first-order valence-electron chi connectivity index (χ1n) is 5.42. The fourth-order valence-corrected chi connectivity index (χ4v) is 2.05. The highest BCUT2D eigenvalue weighted by Gasteiger charge is 2.13. The van der Waals surface area contributed by atoms with Crippen molar-refractivity contribution < 1.29 is 22.3 Å². The van der Waals surface area contributed by atoms with Gasteiger partial charge in [-0.1, -0.05) is 0 Å². The number of benzene rings is 1. The summed E-state index contributed by atoms with van der Waals surface area (Å²) >= 11 is 0. The van der Waals surface area contributed by atoms with Crippen LogP contribution < -0.4 is 10.1 Å². The molecule has 1 amide bonds. The van der Waals surface area contributed by atoms with Crippen LogP contribution in [0.2, 0.25) is 0 Å². The van der Waals surface area contributed by atoms with E-state index < -0.39 is 14.9 Å². The van der Waals surface area contributed by atoms with Crippen LogP contribution in [0.1, 0.15) is 12.8 Å². The molecule has 0 aliphatic rings. The van der Waals surface area contributed by atoms with Crippen molar-refractivity contribution in [2.45, 2.75) is 17.7 Å². The zero-order valence-corrected chi connectivity index (χ0v) is 11.7. The Morgan fingerprint density at radius 3 is 2.68 bits per heavy atom. The first-order chi connectivity index (χ1) is 8.84. The molecule has 1 aromatic carbocycles. The summed E-state index contributed by atoms with van der Waals surface area (Å²) in [5.41, 5.74) is 0. The maximum absolute atomic E-state index is 13.5. The number of amides is 1. The largest absolute Gasteiger partial charge is 0.491 e. The standard InChI is InChI=1S/C11H13ClFNO4S/c1-14-11(15)3-2-6-18-10-5-4-8(7-9(10)13)19(12,16)17/h4-5,7H,2-3,6H2,1H3,(H,14,15). The Kier molecular flexibility index (Phi) is 5.56. The quantitative estimate of drug-likeness (QED) is 0.641. The van der Waals surface area contributed by atoms with E-state index in [1.165, 1.54) is 13.1 Å². The second-order valence-corrected chi connectivity index (χ2v) is 6.22. The van der Waals surface area contributed by atoms with Crippen LogP contribution in [-0.4, -0.2) is 28.0 Å². The Hall–Kier alpha value is -1.34. The summed E-state index contributed by atoms with van der Waals surface area (Å²) in [6.45, 7) is 0.150. The molecule has 0 saturated heterocycles. The van der Waals surface area contributed by atoms with Crippen LogP contribution in [0, 0.1) is 5.82 Å². The molecule has 0 radical (unpaired) electrons. The average molecular weight is 310 g/mol. The third-order valence-electron chi connectivity index (χ3n) is 2.27.